The van der Waals surface area contributed by atoms with Crippen molar-refractivity contribution in [1.82, 2.24) is 9.88 Å². The van der Waals surface area contributed by atoms with Gasteiger partial charge in [0.2, 0.25) is 0 Å². The average molecular weight is 262 g/mol. The van der Waals surface area contributed by atoms with Crippen molar-refractivity contribution in [2.45, 2.75) is 39.8 Å². The number of aromatic nitrogens is 1. The fourth-order valence-electron chi connectivity index (χ4n) is 3.02. The molecule has 1 aromatic heterocycles. The monoisotopic (exact) mass is 262 g/mol. The Morgan fingerprint density at radius 1 is 1.47 bits per heavy atom. The first-order chi connectivity index (χ1) is 8.99. The molecule has 0 bridgehead atoms. The van der Waals surface area contributed by atoms with Crippen LogP contribution in [-0.2, 0) is 6.54 Å². The molecular formula is C15H22N2O2. The Morgan fingerprint density at radius 2 is 2.21 bits per heavy atom. The van der Waals surface area contributed by atoms with Crippen LogP contribution in [0.3, 0.4) is 0 Å². The van der Waals surface area contributed by atoms with Crippen molar-refractivity contribution in [2.75, 3.05) is 6.54 Å². The molecule has 0 radical (unpaired) electrons. The summed E-state index contributed by atoms with van der Waals surface area (Å²) in [5.41, 5.74) is 0.990. The highest BCUT2D eigenvalue weighted by Gasteiger charge is 2.29. The zero-order valence-corrected chi connectivity index (χ0v) is 11.8. The Labute approximate surface area is 114 Å². The number of nitrogens with zero attached hydrogens (tertiary/aromatic N) is 2. The number of carboxylic acids is 1. The number of carbonyl (C=O) groups is 1. The van der Waals surface area contributed by atoms with Gasteiger partial charge in [0.25, 0.3) is 0 Å². The van der Waals surface area contributed by atoms with Crippen LogP contribution in [0.2, 0.25) is 0 Å². The SMILES string of the molecule is CC1CC(C)C(C)N(Cc2cccnc2C(=O)O)C1. The van der Waals surface area contributed by atoms with E-state index in [9.17, 15) is 9.90 Å². The van der Waals surface area contributed by atoms with Crippen molar-refractivity contribution in [3.63, 3.8) is 0 Å². The average Bonchev–Trinajstić information content (AvgIpc) is 2.35. The normalized spacial score (nSPS) is 28.3. The highest BCUT2D eigenvalue weighted by atomic mass is 16.4. The van der Waals surface area contributed by atoms with Gasteiger partial charge in [0, 0.05) is 25.3 Å². The minimum Gasteiger partial charge on any atom is -0.477 e. The standard InChI is InChI=1S/C15H22N2O2/c1-10-7-11(2)12(3)17(8-10)9-13-5-4-6-16-14(13)15(18)19/h4-6,10-12H,7-9H2,1-3H3,(H,18,19). The molecule has 3 atom stereocenters. The molecule has 19 heavy (non-hydrogen) atoms. The molecule has 1 N–H and O–H groups in total. The largest absolute Gasteiger partial charge is 0.477 e. The maximum Gasteiger partial charge on any atom is 0.354 e. The summed E-state index contributed by atoms with van der Waals surface area (Å²) in [5.74, 6) is 0.367. The van der Waals surface area contributed by atoms with E-state index in [4.69, 9.17) is 0 Å². The molecule has 4 heteroatoms. The number of carboxylic acid groups (broad SMARTS) is 1. The van der Waals surface area contributed by atoms with Crippen LogP contribution >= 0.6 is 0 Å². The third kappa shape index (κ3) is 3.13. The molecule has 1 aromatic rings. The second-order valence-electron chi connectivity index (χ2n) is 5.80. The Morgan fingerprint density at radius 3 is 2.89 bits per heavy atom. The van der Waals surface area contributed by atoms with Gasteiger partial charge in [-0.2, -0.15) is 0 Å². The quantitative estimate of drug-likeness (QED) is 0.910. The van der Waals surface area contributed by atoms with Gasteiger partial charge in [0.1, 0.15) is 0 Å². The summed E-state index contributed by atoms with van der Waals surface area (Å²) in [6, 6.07) is 4.16. The zero-order valence-electron chi connectivity index (χ0n) is 11.8. The van der Waals surface area contributed by atoms with Crippen molar-refractivity contribution in [3.05, 3.63) is 29.6 Å². The summed E-state index contributed by atoms with van der Waals surface area (Å²) in [4.78, 5) is 17.6. The highest BCUT2D eigenvalue weighted by Crippen LogP contribution is 2.28. The van der Waals surface area contributed by atoms with Crippen molar-refractivity contribution in [2.24, 2.45) is 11.8 Å². The van der Waals surface area contributed by atoms with Gasteiger partial charge in [0.05, 0.1) is 0 Å². The molecule has 0 aromatic carbocycles. The number of likely N-dealkylation sites (tertiary alicyclic amines) is 1. The Hall–Kier alpha value is -1.42. The molecule has 0 amide bonds. The van der Waals surface area contributed by atoms with Gasteiger partial charge in [-0.25, -0.2) is 9.78 Å². The first-order valence-electron chi connectivity index (χ1n) is 6.90. The molecule has 0 aliphatic carbocycles. The number of hydrogen-bond acceptors (Lipinski definition) is 3. The van der Waals surface area contributed by atoms with E-state index in [1.807, 2.05) is 12.1 Å². The van der Waals surface area contributed by atoms with E-state index in [-0.39, 0.29) is 5.69 Å². The van der Waals surface area contributed by atoms with Crippen molar-refractivity contribution < 1.29 is 9.90 Å². The van der Waals surface area contributed by atoms with Crippen molar-refractivity contribution >= 4 is 5.97 Å². The fourth-order valence-corrected chi connectivity index (χ4v) is 3.02. The van der Waals surface area contributed by atoms with E-state index < -0.39 is 5.97 Å². The lowest BCUT2D eigenvalue weighted by Gasteiger charge is -2.41. The highest BCUT2D eigenvalue weighted by molar-refractivity contribution is 5.86. The lowest BCUT2D eigenvalue weighted by Crippen LogP contribution is -2.45. The molecular weight excluding hydrogens is 240 g/mol. The van der Waals surface area contributed by atoms with Crippen molar-refractivity contribution in [3.8, 4) is 0 Å². The topological polar surface area (TPSA) is 53.4 Å². The Balaban J connectivity index is 2.18. The lowest BCUT2D eigenvalue weighted by atomic mass is 9.85. The number of pyridine rings is 1. The fraction of sp³-hybridized carbons (Fsp3) is 0.600. The van der Waals surface area contributed by atoms with Crippen LogP contribution in [0.5, 0.6) is 0 Å². The van der Waals surface area contributed by atoms with Gasteiger partial charge >= 0.3 is 5.97 Å². The summed E-state index contributed by atoms with van der Waals surface area (Å²) in [7, 11) is 0. The first kappa shape index (κ1) is 14.0. The van der Waals surface area contributed by atoms with Gasteiger partial charge in [-0.1, -0.05) is 19.9 Å². The number of piperidine rings is 1. The predicted octanol–water partition coefficient (Wildman–Crippen LogP) is 2.65. The summed E-state index contributed by atoms with van der Waals surface area (Å²) in [6.07, 6.45) is 2.79. The number of rotatable bonds is 3. The molecule has 2 rings (SSSR count). The molecule has 1 saturated heterocycles. The number of hydrogen-bond donors (Lipinski definition) is 1. The van der Waals surface area contributed by atoms with Gasteiger partial charge in [0.15, 0.2) is 5.69 Å². The van der Waals surface area contributed by atoms with E-state index in [2.05, 4.69) is 30.7 Å². The van der Waals surface area contributed by atoms with E-state index >= 15 is 0 Å². The van der Waals surface area contributed by atoms with Crippen LogP contribution in [0.15, 0.2) is 18.3 Å². The summed E-state index contributed by atoms with van der Waals surface area (Å²) >= 11 is 0. The summed E-state index contributed by atoms with van der Waals surface area (Å²) < 4.78 is 0. The zero-order chi connectivity index (χ0) is 14.0. The van der Waals surface area contributed by atoms with Crippen LogP contribution in [0, 0.1) is 11.8 Å². The predicted molar refractivity (Wildman–Crippen MR) is 74.0 cm³/mol. The molecule has 4 nitrogen and oxygen atoms in total. The van der Waals surface area contributed by atoms with Crippen LogP contribution in [0.25, 0.3) is 0 Å². The Bertz CT molecular complexity index is 461. The number of aromatic carboxylic acids is 1. The molecule has 1 aliphatic rings. The second-order valence-corrected chi connectivity index (χ2v) is 5.80. The third-order valence-corrected chi connectivity index (χ3v) is 4.19. The van der Waals surface area contributed by atoms with Crippen LogP contribution in [0.1, 0.15) is 43.2 Å². The molecule has 2 heterocycles. The lowest BCUT2D eigenvalue weighted by molar-refractivity contribution is 0.0658. The maximum atomic E-state index is 11.2. The molecule has 1 fully saturated rings. The van der Waals surface area contributed by atoms with Gasteiger partial charge in [-0.15, -0.1) is 0 Å². The minimum absolute atomic E-state index is 0.181. The molecule has 3 unspecified atom stereocenters. The van der Waals surface area contributed by atoms with E-state index in [1.54, 1.807) is 0 Å². The molecule has 0 spiro atoms. The molecule has 104 valence electrons. The van der Waals surface area contributed by atoms with Gasteiger partial charge < -0.3 is 5.11 Å². The van der Waals surface area contributed by atoms with Crippen molar-refractivity contribution in [1.29, 1.82) is 0 Å². The Kier molecular flexibility index (Phi) is 4.20. The minimum atomic E-state index is -0.943. The van der Waals surface area contributed by atoms with Gasteiger partial charge in [-0.05, 0) is 36.8 Å². The van der Waals surface area contributed by atoms with Crippen LogP contribution in [-0.4, -0.2) is 33.5 Å². The molecule has 0 saturated carbocycles. The van der Waals surface area contributed by atoms with Gasteiger partial charge in [-0.3, -0.25) is 4.90 Å². The summed E-state index contributed by atoms with van der Waals surface area (Å²) in [5, 5.41) is 9.18. The van der Waals surface area contributed by atoms with Crippen LogP contribution in [0.4, 0.5) is 0 Å². The molecule has 1 aliphatic heterocycles. The van der Waals surface area contributed by atoms with E-state index in [0.717, 1.165) is 12.1 Å². The maximum absolute atomic E-state index is 11.2. The smallest absolute Gasteiger partial charge is 0.354 e. The van der Waals surface area contributed by atoms with E-state index in [1.165, 1.54) is 12.6 Å². The van der Waals surface area contributed by atoms with E-state index in [0.29, 0.717) is 24.4 Å². The summed E-state index contributed by atoms with van der Waals surface area (Å²) in [6.45, 7) is 8.46. The third-order valence-electron chi connectivity index (χ3n) is 4.19. The first-order valence-corrected chi connectivity index (χ1v) is 6.90. The second kappa shape index (κ2) is 5.70. The van der Waals surface area contributed by atoms with Crippen LogP contribution < -0.4 is 0 Å².